The summed E-state index contributed by atoms with van der Waals surface area (Å²) in [6, 6.07) is 17.2. The van der Waals surface area contributed by atoms with Gasteiger partial charge in [-0.1, -0.05) is 6.07 Å². The number of halogens is 1. The van der Waals surface area contributed by atoms with Crippen molar-refractivity contribution in [3.63, 3.8) is 0 Å². The largest absolute Gasteiger partial charge is 0.490 e. The third-order valence-corrected chi connectivity index (χ3v) is 5.66. The van der Waals surface area contributed by atoms with E-state index in [1.54, 1.807) is 54.7 Å². The Labute approximate surface area is 209 Å². The molecule has 0 aliphatic rings. The predicted octanol–water partition coefficient (Wildman–Crippen LogP) is 5.29. The highest BCUT2D eigenvalue weighted by molar-refractivity contribution is 5.94. The molecule has 0 aliphatic carbocycles. The number of aromatic nitrogens is 3. The molecule has 7 nitrogen and oxygen atoms in total. The van der Waals surface area contributed by atoms with Crippen LogP contribution in [0.25, 0.3) is 11.3 Å². The lowest BCUT2D eigenvalue weighted by Gasteiger charge is -2.18. The van der Waals surface area contributed by atoms with Crippen LogP contribution in [0.4, 0.5) is 4.39 Å². The minimum atomic E-state index is -0.275. The highest BCUT2D eigenvalue weighted by Gasteiger charge is 2.16. The molecule has 2 aromatic heterocycles. The van der Waals surface area contributed by atoms with E-state index in [4.69, 9.17) is 9.47 Å². The van der Waals surface area contributed by atoms with Crippen LogP contribution < -0.4 is 9.47 Å². The number of rotatable bonds is 11. The molecule has 2 aromatic carbocycles. The van der Waals surface area contributed by atoms with Crippen molar-refractivity contribution in [3.05, 3.63) is 95.7 Å². The van der Waals surface area contributed by atoms with E-state index in [-0.39, 0.29) is 11.7 Å². The molecule has 0 saturated carbocycles. The molecule has 0 radical (unpaired) electrons. The Balaban J connectivity index is 1.32. The smallest absolute Gasteiger partial charge is 0.253 e. The van der Waals surface area contributed by atoms with Gasteiger partial charge in [-0.3, -0.25) is 14.9 Å². The van der Waals surface area contributed by atoms with E-state index in [1.165, 1.54) is 12.1 Å². The zero-order chi connectivity index (χ0) is 25.3. The van der Waals surface area contributed by atoms with Gasteiger partial charge in [0.1, 0.15) is 12.4 Å². The normalized spacial score (nSPS) is 10.8. The van der Waals surface area contributed by atoms with Crippen molar-refractivity contribution < 1.29 is 18.7 Å². The molecule has 186 valence electrons. The van der Waals surface area contributed by atoms with E-state index in [0.29, 0.717) is 36.8 Å². The molecule has 2 heterocycles. The van der Waals surface area contributed by atoms with Gasteiger partial charge in [-0.2, -0.15) is 5.10 Å². The molecule has 4 aromatic rings. The molecule has 1 N–H and O–H groups in total. The summed E-state index contributed by atoms with van der Waals surface area (Å²) in [6.07, 6.45) is 4.96. The first-order valence-electron chi connectivity index (χ1n) is 11.9. The first kappa shape index (κ1) is 24.9. The van der Waals surface area contributed by atoms with E-state index in [9.17, 15) is 9.18 Å². The van der Waals surface area contributed by atoms with Crippen LogP contribution in [0.2, 0.25) is 0 Å². The van der Waals surface area contributed by atoms with Gasteiger partial charge in [0.2, 0.25) is 0 Å². The molecular formula is C28H29FN4O3. The lowest BCUT2D eigenvalue weighted by molar-refractivity contribution is 0.0793. The summed E-state index contributed by atoms with van der Waals surface area (Å²) < 4.78 is 24.8. The van der Waals surface area contributed by atoms with Crippen LogP contribution in [0.5, 0.6) is 11.5 Å². The minimum absolute atomic E-state index is 0.0913. The Hall–Kier alpha value is -4.20. The van der Waals surface area contributed by atoms with Crippen LogP contribution in [-0.2, 0) is 13.0 Å². The summed E-state index contributed by atoms with van der Waals surface area (Å²) in [4.78, 5) is 18.8. The molecule has 0 bridgehead atoms. The Morgan fingerprint density at radius 1 is 1.06 bits per heavy atom. The third-order valence-electron chi connectivity index (χ3n) is 5.66. The maximum Gasteiger partial charge on any atom is 0.253 e. The SMILES string of the molecule is CCOc1cc(C(=O)N(C)CCCc2cc(-c3ccc(F)cc3)n[nH]2)ccc1OCc1cccnc1. The van der Waals surface area contributed by atoms with Crippen LogP contribution in [0.15, 0.2) is 73.1 Å². The Morgan fingerprint density at radius 3 is 2.64 bits per heavy atom. The number of H-pyrrole nitrogens is 1. The number of nitrogens with zero attached hydrogens (tertiary/aromatic N) is 3. The molecule has 0 aliphatic heterocycles. The maximum atomic E-state index is 13.1. The fraction of sp³-hybridized carbons (Fsp3) is 0.250. The number of aromatic amines is 1. The van der Waals surface area contributed by atoms with E-state index in [2.05, 4.69) is 15.2 Å². The van der Waals surface area contributed by atoms with Crippen LogP contribution in [0.1, 0.15) is 35.0 Å². The monoisotopic (exact) mass is 488 g/mol. The number of pyridine rings is 1. The van der Waals surface area contributed by atoms with E-state index < -0.39 is 0 Å². The average molecular weight is 489 g/mol. The molecule has 0 fully saturated rings. The van der Waals surface area contributed by atoms with Gasteiger partial charge in [-0.25, -0.2) is 4.39 Å². The predicted molar refractivity (Wildman–Crippen MR) is 135 cm³/mol. The molecule has 36 heavy (non-hydrogen) atoms. The number of hydrogen-bond donors (Lipinski definition) is 1. The van der Waals surface area contributed by atoms with Crippen LogP contribution in [0.3, 0.4) is 0 Å². The van der Waals surface area contributed by atoms with Gasteiger partial charge < -0.3 is 14.4 Å². The van der Waals surface area contributed by atoms with Crippen molar-refractivity contribution in [1.29, 1.82) is 0 Å². The second-order valence-corrected chi connectivity index (χ2v) is 8.36. The van der Waals surface area contributed by atoms with Crippen molar-refractivity contribution in [2.45, 2.75) is 26.4 Å². The number of hydrogen-bond acceptors (Lipinski definition) is 5. The summed E-state index contributed by atoms with van der Waals surface area (Å²) in [6.45, 7) is 3.29. The number of ether oxygens (including phenoxy) is 2. The van der Waals surface area contributed by atoms with E-state index >= 15 is 0 Å². The molecule has 1 amide bonds. The molecule has 0 spiro atoms. The van der Waals surface area contributed by atoms with Gasteiger partial charge >= 0.3 is 0 Å². The lowest BCUT2D eigenvalue weighted by atomic mass is 10.1. The standard InChI is InChI=1S/C28H29FN4O3/c1-3-35-27-16-22(10-13-26(27)36-19-20-6-4-14-30-18-20)28(34)33(2)15-5-7-24-17-25(32-31-24)21-8-11-23(29)12-9-21/h4,6,8-14,16-18H,3,5,7,15,19H2,1-2H3,(H,31,32). The topological polar surface area (TPSA) is 80.3 Å². The molecule has 0 unspecified atom stereocenters. The van der Waals surface area contributed by atoms with Gasteiger partial charge in [-0.15, -0.1) is 0 Å². The quantitative estimate of drug-likeness (QED) is 0.310. The zero-order valence-electron chi connectivity index (χ0n) is 20.4. The van der Waals surface area contributed by atoms with Crippen LogP contribution in [-0.4, -0.2) is 46.2 Å². The molecule has 0 atom stereocenters. The van der Waals surface area contributed by atoms with E-state index in [0.717, 1.165) is 35.4 Å². The fourth-order valence-electron chi connectivity index (χ4n) is 3.76. The number of benzene rings is 2. The Kier molecular flexibility index (Phi) is 8.28. The maximum absolute atomic E-state index is 13.1. The fourth-order valence-corrected chi connectivity index (χ4v) is 3.76. The van der Waals surface area contributed by atoms with Gasteiger partial charge in [0.25, 0.3) is 5.91 Å². The molecular weight excluding hydrogens is 459 g/mol. The van der Waals surface area contributed by atoms with Crippen molar-refractivity contribution in [1.82, 2.24) is 20.1 Å². The molecule has 0 saturated heterocycles. The van der Waals surface area contributed by atoms with Gasteiger partial charge in [-0.05, 0) is 74.4 Å². The summed E-state index contributed by atoms with van der Waals surface area (Å²) in [5, 5.41) is 7.33. The number of nitrogens with one attached hydrogen (secondary N) is 1. The first-order chi connectivity index (χ1) is 17.5. The Bertz CT molecular complexity index is 1280. The molecule has 4 rings (SSSR count). The second-order valence-electron chi connectivity index (χ2n) is 8.36. The summed E-state index contributed by atoms with van der Waals surface area (Å²) in [5.74, 6) is 0.747. The summed E-state index contributed by atoms with van der Waals surface area (Å²) in [5.41, 5.74) is 4.06. The second kappa shape index (κ2) is 12.0. The van der Waals surface area contributed by atoms with Crippen molar-refractivity contribution in [2.75, 3.05) is 20.2 Å². The summed E-state index contributed by atoms with van der Waals surface area (Å²) >= 11 is 0. The van der Waals surface area contributed by atoms with Crippen LogP contribution in [0, 0.1) is 5.82 Å². The van der Waals surface area contributed by atoms with Crippen LogP contribution >= 0.6 is 0 Å². The summed E-state index contributed by atoms with van der Waals surface area (Å²) in [7, 11) is 1.78. The zero-order valence-corrected chi connectivity index (χ0v) is 20.4. The highest BCUT2D eigenvalue weighted by atomic mass is 19.1. The number of amides is 1. The minimum Gasteiger partial charge on any atom is -0.490 e. The third kappa shape index (κ3) is 6.47. The number of carbonyl (C=O) groups is 1. The Morgan fingerprint density at radius 2 is 1.89 bits per heavy atom. The highest BCUT2D eigenvalue weighted by Crippen LogP contribution is 2.30. The van der Waals surface area contributed by atoms with Gasteiger partial charge in [0.15, 0.2) is 11.5 Å². The van der Waals surface area contributed by atoms with E-state index in [1.807, 2.05) is 25.1 Å². The number of aryl methyl sites for hydroxylation is 1. The van der Waals surface area contributed by atoms with Crippen molar-refractivity contribution >= 4 is 5.91 Å². The lowest BCUT2D eigenvalue weighted by Crippen LogP contribution is -2.28. The van der Waals surface area contributed by atoms with Gasteiger partial charge in [0, 0.05) is 48.4 Å². The molecule has 8 heteroatoms. The number of carbonyl (C=O) groups excluding carboxylic acids is 1. The first-order valence-corrected chi connectivity index (χ1v) is 11.9. The average Bonchev–Trinajstić information content (AvgIpc) is 3.37. The van der Waals surface area contributed by atoms with Gasteiger partial charge in [0.05, 0.1) is 12.3 Å². The van der Waals surface area contributed by atoms with Crippen molar-refractivity contribution in [2.24, 2.45) is 0 Å². The van der Waals surface area contributed by atoms with Crippen molar-refractivity contribution in [3.8, 4) is 22.8 Å².